The number of fused-ring (bicyclic) bond motifs is 1. The number of nitrogens with zero attached hydrogens (tertiary/aromatic N) is 1. The zero-order valence-corrected chi connectivity index (χ0v) is 17.0. The molecule has 0 radical (unpaired) electrons. The molecule has 7 nitrogen and oxygen atoms in total. The van der Waals surface area contributed by atoms with Gasteiger partial charge in [0, 0.05) is 17.1 Å². The Balaban J connectivity index is 1.48. The molecule has 29 heavy (non-hydrogen) atoms. The van der Waals surface area contributed by atoms with Crippen LogP contribution in [0.1, 0.15) is 13.3 Å². The van der Waals surface area contributed by atoms with E-state index < -0.39 is 18.0 Å². The van der Waals surface area contributed by atoms with E-state index >= 15 is 0 Å². The molecular weight excluding hydrogens is 392 g/mol. The highest BCUT2D eigenvalue weighted by Gasteiger charge is 2.31. The molecule has 3 rings (SSSR count). The summed E-state index contributed by atoms with van der Waals surface area (Å²) < 4.78 is 10.6. The number of ether oxygens (including phenoxy) is 2. The van der Waals surface area contributed by atoms with Gasteiger partial charge in [-0.15, -0.1) is 11.8 Å². The third-order valence-electron chi connectivity index (χ3n) is 4.35. The van der Waals surface area contributed by atoms with Crippen molar-refractivity contribution in [2.75, 3.05) is 29.6 Å². The van der Waals surface area contributed by atoms with Gasteiger partial charge < -0.3 is 19.7 Å². The fraction of sp³-hybridized carbons (Fsp3) is 0.286. The highest BCUT2D eigenvalue weighted by atomic mass is 32.2. The molecule has 2 amide bonds. The van der Waals surface area contributed by atoms with Crippen molar-refractivity contribution in [1.29, 1.82) is 0 Å². The third-order valence-corrected chi connectivity index (χ3v) is 5.09. The van der Waals surface area contributed by atoms with Crippen LogP contribution in [0.25, 0.3) is 0 Å². The molecule has 1 aliphatic rings. The number of para-hydroxylation sites is 2. The Morgan fingerprint density at radius 1 is 1.17 bits per heavy atom. The molecule has 152 valence electrons. The molecule has 1 unspecified atom stereocenters. The van der Waals surface area contributed by atoms with Crippen LogP contribution in [0.15, 0.2) is 53.4 Å². The molecule has 0 aromatic heterocycles. The largest absolute Gasteiger partial charge is 0.479 e. The van der Waals surface area contributed by atoms with E-state index in [9.17, 15) is 14.4 Å². The van der Waals surface area contributed by atoms with Gasteiger partial charge in [0.2, 0.25) is 0 Å². The van der Waals surface area contributed by atoms with E-state index in [2.05, 4.69) is 5.32 Å². The summed E-state index contributed by atoms with van der Waals surface area (Å²) in [5.41, 5.74) is 1.25. The van der Waals surface area contributed by atoms with Gasteiger partial charge in [-0.1, -0.05) is 12.1 Å². The molecule has 1 N–H and O–H groups in total. The molecule has 0 spiro atoms. The average molecular weight is 414 g/mol. The molecular formula is C21H22N2O5S. The fourth-order valence-electron chi connectivity index (χ4n) is 2.88. The normalized spacial score (nSPS) is 15.3. The lowest BCUT2D eigenvalue weighted by Gasteiger charge is -2.32. The van der Waals surface area contributed by atoms with E-state index in [0.717, 1.165) is 4.90 Å². The summed E-state index contributed by atoms with van der Waals surface area (Å²) in [4.78, 5) is 39.0. The number of rotatable bonds is 7. The van der Waals surface area contributed by atoms with Gasteiger partial charge in [-0.05, 0) is 49.6 Å². The van der Waals surface area contributed by atoms with Gasteiger partial charge in [0.25, 0.3) is 11.8 Å². The maximum Gasteiger partial charge on any atom is 0.308 e. The van der Waals surface area contributed by atoms with Crippen LogP contribution in [0, 0.1) is 0 Å². The second-order valence-electron chi connectivity index (χ2n) is 6.41. The Labute approximate surface area is 173 Å². The first kappa shape index (κ1) is 20.7. The van der Waals surface area contributed by atoms with Crippen LogP contribution in [-0.4, -0.2) is 43.3 Å². The van der Waals surface area contributed by atoms with Crippen molar-refractivity contribution in [2.45, 2.75) is 24.3 Å². The topological polar surface area (TPSA) is 84.9 Å². The zero-order chi connectivity index (χ0) is 20.8. The monoisotopic (exact) mass is 414 g/mol. The molecule has 0 fully saturated rings. The van der Waals surface area contributed by atoms with Crippen molar-refractivity contribution < 1.29 is 23.9 Å². The van der Waals surface area contributed by atoms with Gasteiger partial charge in [0.05, 0.1) is 12.1 Å². The molecule has 1 aliphatic heterocycles. The SMILES string of the molecule is CSc1ccc(NC(=O)COC(=O)CCN2C(=O)C(C)Oc3ccccc32)cc1. The number of anilines is 2. The molecule has 1 heterocycles. The van der Waals surface area contributed by atoms with E-state index in [0.29, 0.717) is 17.1 Å². The summed E-state index contributed by atoms with van der Waals surface area (Å²) in [5.74, 6) is -0.596. The Morgan fingerprint density at radius 3 is 2.62 bits per heavy atom. The lowest BCUT2D eigenvalue weighted by Crippen LogP contribution is -2.45. The summed E-state index contributed by atoms with van der Waals surface area (Å²) in [6.07, 6.45) is 1.32. The molecule has 0 aliphatic carbocycles. The Hall–Kier alpha value is -3.00. The van der Waals surface area contributed by atoms with Gasteiger partial charge in [-0.3, -0.25) is 14.4 Å². The fourth-order valence-corrected chi connectivity index (χ4v) is 3.29. The first-order chi connectivity index (χ1) is 14.0. The smallest absolute Gasteiger partial charge is 0.308 e. The van der Waals surface area contributed by atoms with Gasteiger partial charge in [0.1, 0.15) is 5.75 Å². The molecule has 0 saturated carbocycles. The van der Waals surface area contributed by atoms with Gasteiger partial charge in [-0.2, -0.15) is 0 Å². The quantitative estimate of drug-likeness (QED) is 0.554. The van der Waals surface area contributed by atoms with E-state index in [1.165, 1.54) is 4.90 Å². The van der Waals surface area contributed by atoms with Gasteiger partial charge >= 0.3 is 5.97 Å². The third kappa shape index (κ3) is 5.29. The molecule has 0 saturated heterocycles. The highest BCUT2D eigenvalue weighted by Crippen LogP contribution is 2.33. The van der Waals surface area contributed by atoms with E-state index in [1.54, 1.807) is 49.0 Å². The number of nitrogens with one attached hydrogen (secondary N) is 1. The van der Waals surface area contributed by atoms with Crippen molar-refractivity contribution in [2.24, 2.45) is 0 Å². The average Bonchev–Trinajstić information content (AvgIpc) is 2.73. The summed E-state index contributed by atoms with van der Waals surface area (Å²) in [5, 5.41) is 2.67. The summed E-state index contributed by atoms with van der Waals surface area (Å²) in [6, 6.07) is 14.5. The maximum absolute atomic E-state index is 12.4. The molecule has 0 bridgehead atoms. The lowest BCUT2D eigenvalue weighted by molar-refractivity contribution is -0.147. The molecule has 8 heteroatoms. The van der Waals surface area contributed by atoms with Crippen LogP contribution in [0.2, 0.25) is 0 Å². The van der Waals surface area contributed by atoms with E-state index in [1.807, 2.05) is 24.5 Å². The van der Waals surface area contributed by atoms with E-state index in [4.69, 9.17) is 9.47 Å². The molecule has 1 atom stereocenters. The Bertz CT molecular complexity index is 900. The van der Waals surface area contributed by atoms with Crippen LogP contribution in [0.3, 0.4) is 0 Å². The van der Waals surface area contributed by atoms with Crippen molar-refractivity contribution in [3.05, 3.63) is 48.5 Å². The van der Waals surface area contributed by atoms with E-state index in [-0.39, 0.29) is 25.5 Å². The van der Waals surface area contributed by atoms with Gasteiger partial charge in [-0.25, -0.2) is 0 Å². The van der Waals surface area contributed by atoms with Crippen LogP contribution in [0.4, 0.5) is 11.4 Å². The van der Waals surface area contributed by atoms with Crippen molar-refractivity contribution in [3.8, 4) is 5.75 Å². The van der Waals surface area contributed by atoms with Crippen molar-refractivity contribution >= 4 is 40.9 Å². The first-order valence-electron chi connectivity index (χ1n) is 9.14. The minimum absolute atomic E-state index is 0.0253. The number of esters is 1. The number of hydrogen-bond acceptors (Lipinski definition) is 6. The maximum atomic E-state index is 12.4. The van der Waals surface area contributed by atoms with Gasteiger partial charge in [0.15, 0.2) is 12.7 Å². The van der Waals surface area contributed by atoms with Crippen LogP contribution in [-0.2, 0) is 19.1 Å². The molecule has 2 aromatic carbocycles. The lowest BCUT2D eigenvalue weighted by atomic mass is 10.2. The molecule has 2 aromatic rings. The van der Waals surface area contributed by atoms with Crippen molar-refractivity contribution in [3.63, 3.8) is 0 Å². The second-order valence-corrected chi connectivity index (χ2v) is 7.28. The predicted octanol–water partition coefficient (Wildman–Crippen LogP) is 3.09. The van der Waals surface area contributed by atoms with Crippen LogP contribution in [0.5, 0.6) is 5.75 Å². The number of carbonyl (C=O) groups excluding carboxylic acids is 3. The Kier molecular flexibility index (Phi) is 6.77. The number of thioether (sulfide) groups is 1. The zero-order valence-electron chi connectivity index (χ0n) is 16.2. The first-order valence-corrected chi connectivity index (χ1v) is 10.4. The number of hydrogen-bond donors (Lipinski definition) is 1. The van der Waals surface area contributed by atoms with Crippen LogP contribution >= 0.6 is 11.8 Å². The minimum atomic E-state index is -0.621. The number of amides is 2. The minimum Gasteiger partial charge on any atom is -0.479 e. The van der Waals surface area contributed by atoms with Crippen molar-refractivity contribution in [1.82, 2.24) is 0 Å². The standard InChI is InChI=1S/C21H22N2O5S/c1-14-21(26)23(17-5-3-4-6-18(17)28-14)12-11-20(25)27-13-19(24)22-15-7-9-16(29-2)10-8-15/h3-10,14H,11-13H2,1-2H3,(H,22,24). The number of benzene rings is 2. The summed E-state index contributed by atoms with van der Waals surface area (Å²) in [6.45, 7) is 1.44. The predicted molar refractivity (Wildman–Crippen MR) is 111 cm³/mol. The highest BCUT2D eigenvalue weighted by molar-refractivity contribution is 7.98. The van der Waals surface area contributed by atoms with Crippen LogP contribution < -0.4 is 15.0 Å². The second kappa shape index (κ2) is 9.47. The summed E-state index contributed by atoms with van der Waals surface area (Å²) >= 11 is 1.61. The summed E-state index contributed by atoms with van der Waals surface area (Å²) in [7, 11) is 0. The Morgan fingerprint density at radius 2 is 1.90 bits per heavy atom. The number of carbonyl (C=O) groups is 3.